The molecule has 2 aromatic heterocycles. The number of hydrogen-bond donors (Lipinski definition) is 1. The van der Waals surface area contributed by atoms with E-state index in [4.69, 9.17) is 0 Å². The number of nitrogens with one attached hydrogen (secondary N) is 1. The Morgan fingerprint density at radius 1 is 1.32 bits per heavy atom. The molecule has 0 spiro atoms. The highest BCUT2D eigenvalue weighted by Gasteiger charge is 2.14. The summed E-state index contributed by atoms with van der Waals surface area (Å²) in [5, 5.41) is 2.67. The number of amides is 1. The van der Waals surface area contributed by atoms with Gasteiger partial charge in [-0.1, -0.05) is 0 Å². The average molecular weight is 301 g/mol. The summed E-state index contributed by atoms with van der Waals surface area (Å²) in [5.74, 6) is 0.466. The van der Waals surface area contributed by atoms with Gasteiger partial charge in [0.05, 0.1) is 18.3 Å². The van der Waals surface area contributed by atoms with Gasteiger partial charge in [0.1, 0.15) is 17.5 Å². The monoisotopic (exact) mass is 301 g/mol. The van der Waals surface area contributed by atoms with E-state index >= 15 is 0 Å². The van der Waals surface area contributed by atoms with Crippen LogP contribution < -0.4 is 10.2 Å². The van der Waals surface area contributed by atoms with Crippen LogP contribution in [0.25, 0.3) is 0 Å². The van der Waals surface area contributed by atoms with Gasteiger partial charge in [-0.05, 0) is 25.0 Å². The van der Waals surface area contributed by atoms with Crippen molar-refractivity contribution >= 4 is 11.7 Å². The minimum atomic E-state index is -0.542. The van der Waals surface area contributed by atoms with E-state index in [0.717, 1.165) is 31.2 Å². The van der Waals surface area contributed by atoms with E-state index in [0.29, 0.717) is 5.82 Å². The smallest absolute Gasteiger partial charge is 0.253 e. The van der Waals surface area contributed by atoms with Gasteiger partial charge in [0.2, 0.25) is 0 Å². The molecular formula is C15H16FN5O. The number of carbonyl (C=O) groups excluding carboxylic acids is 1. The van der Waals surface area contributed by atoms with Gasteiger partial charge < -0.3 is 10.2 Å². The molecule has 0 aliphatic carbocycles. The zero-order valence-electron chi connectivity index (χ0n) is 12.0. The van der Waals surface area contributed by atoms with E-state index in [1.165, 1.54) is 19.0 Å². The third-order valence-electron chi connectivity index (χ3n) is 3.49. The fourth-order valence-electron chi connectivity index (χ4n) is 2.39. The van der Waals surface area contributed by atoms with E-state index < -0.39 is 11.7 Å². The molecule has 3 rings (SSSR count). The van der Waals surface area contributed by atoms with Crippen molar-refractivity contribution in [1.29, 1.82) is 0 Å². The molecule has 0 atom stereocenters. The lowest BCUT2D eigenvalue weighted by Gasteiger charge is -2.16. The van der Waals surface area contributed by atoms with Crippen molar-refractivity contribution in [3.63, 3.8) is 0 Å². The minimum Gasteiger partial charge on any atom is -0.357 e. The number of aromatic nitrogens is 3. The van der Waals surface area contributed by atoms with E-state index in [1.54, 1.807) is 6.20 Å². The van der Waals surface area contributed by atoms with Crippen LogP contribution in [0.5, 0.6) is 0 Å². The van der Waals surface area contributed by atoms with Crippen LogP contribution in [0, 0.1) is 5.82 Å². The maximum Gasteiger partial charge on any atom is 0.253 e. The molecule has 1 amide bonds. The van der Waals surface area contributed by atoms with Gasteiger partial charge >= 0.3 is 0 Å². The van der Waals surface area contributed by atoms with E-state index in [1.807, 2.05) is 6.07 Å². The molecule has 6 nitrogen and oxygen atoms in total. The molecule has 1 N–H and O–H groups in total. The first-order valence-electron chi connectivity index (χ1n) is 7.18. The Hall–Kier alpha value is -2.57. The van der Waals surface area contributed by atoms with Crippen LogP contribution in [-0.2, 0) is 6.54 Å². The van der Waals surface area contributed by atoms with Gasteiger partial charge in [-0.25, -0.2) is 14.4 Å². The first-order valence-corrected chi connectivity index (χ1v) is 7.18. The molecule has 2 aromatic rings. The van der Waals surface area contributed by atoms with Gasteiger partial charge in [-0.2, -0.15) is 0 Å². The van der Waals surface area contributed by atoms with Gasteiger partial charge in [0, 0.05) is 25.5 Å². The van der Waals surface area contributed by atoms with Crippen molar-refractivity contribution in [2.45, 2.75) is 19.4 Å². The first-order chi connectivity index (χ1) is 10.7. The lowest BCUT2D eigenvalue weighted by Crippen LogP contribution is -2.25. The van der Waals surface area contributed by atoms with E-state index in [9.17, 15) is 9.18 Å². The Balaban J connectivity index is 1.63. The zero-order chi connectivity index (χ0) is 15.4. The maximum atomic E-state index is 13.0. The quantitative estimate of drug-likeness (QED) is 0.927. The lowest BCUT2D eigenvalue weighted by atomic mass is 10.2. The van der Waals surface area contributed by atoms with Crippen LogP contribution in [0.4, 0.5) is 10.2 Å². The Labute approximate surface area is 127 Å². The molecule has 1 aliphatic rings. The number of pyridine rings is 1. The third-order valence-corrected chi connectivity index (χ3v) is 3.49. The summed E-state index contributed by atoms with van der Waals surface area (Å²) in [4.78, 5) is 26.4. The molecule has 7 heteroatoms. The van der Waals surface area contributed by atoms with E-state index in [-0.39, 0.29) is 12.1 Å². The summed E-state index contributed by atoms with van der Waals surface area (Å²) in [7, 11) is 0. The van der Waals surface area contributed by atoms with Crippen LogP contribution in [0.3, 0.4) is 0 Å². The highest BCUT2D eigenvalue weighted by Crippen LogP contribution is 2.16. The SMILES string of the molecule is O=C(NCc1nccc(N2CCCC2)n1)c1cncc(F)c1. The number of anilines is 1. The first kappa shape index (κ1) is 14.4. The van der Waals surface area contributed by atoms with E-state index in [2.05, 4.69) is 25.2 Å². The van der Waals surface area contributed by atoms with Gasteiger partial charge in [-0.3, -0.25) is 9.78 Å². The van der Waals surface area contributed by atoms with Crippen molar-refractivity contribution in [2.75, 3.05) is 18.0 Å². The van der Waals surface area contributed by atoms with Crippen LogP contribution in [0.1, 0.15) is 29.0 Å². The fourth-order valence-corrected chi connectivity index (χ4v) is 2.39. The number of halogens is 1. The highest BCUT2D eigenvalue weighted by atomic mass is 19.1. The highest BCUT2D eigenvalue weighted by molar-refractivity contribution is 5.93. The topological polar surface area (TPSA) is 71.0 Å². The van der Waals surface area contributed by atoms with Crippen molar-refractivity contribution < 1.29 is 9.18 Å². The average Bonchev–Trinajstić information content (AvgIpc) is 3.07. The summed E-state index contributed by atoms with van der Waals surface area (Å²) in [5.41, 5.74) is 0.177. The van der Waals surface area contributed by atoms with Gasteiger partial charge in [0.25, 0.3) is 5.91 Å². The van der Waals surface area contributed by atoms with Crippen LogP contribution in [-0.4, -0.2) is 33.9 Å². The standard InChI is InChI=1S/C15H16FN5O/c16-12-7-11(8-17-9-12)15(22)19-10-13-18-4-3-14(20-13)21-5-1-2-6-21/h3-4,7-9H,1-2,5-6,10H2,(H,19,22). The molecule has 114 valence electrons. The Kier molecular flexibility index (Phi) is 4.22. The van der Waals surface area contributed by atoms with Crippen LogP contribution in [0.2, 0.25) is 0 Å². The summed E-state index contributed by atoms with van der Waals surface area (Å²) in [6.07, 6.45) is 6.40. The zero-order valence-corrected chi connectivity index (χ0v) is 12.0. The molecule has 1 fully saturated rings. The second-order valence-electron chi connectivity index (χ2n) is 5.10. The molecule has 22 heavy (non-hydrogen) atoms. The molecule has 3 heterocycles. The Morgan fingerprint density at radius 3 is 2.91 bits per heavy atom. The lowest BCUT2D eigenvalue weighted by molar-refractivity contribution is 0.0949. The number of carbonyl (C=O) groups is 1. The van der Waals surface area contributed by atoms with Crippen molar-refractivity contribution in [3.8, 4) is 0 Å². The van der Waals surface area contributed by atoms with Crippen molar-refractivity contribution in [2.24, 2.45) is 0 Å². The Morgan fingerprint density at radius 2 is 2.14 bits per heavy atom. The van der Waals surface area contributed by atoms with Crippen LogP contribution in [0.15, 0.2) is 30.7 Å². The largest absolute Gasteiger partial charge is 0.357 e. The maximum absolute atomic E-state index is 13.0. The summed E-state index contributed by atoms with van der Waals surface area (Å²) in [6, 6.07) is 3.01. The second-order valence-corrected chi connectivity index (χ2v) is 5.10. The second kappa shape index (κ2) is 6.46. The molecular weight excluding hydrogens is 285 g/mol. The predicted molar refractivity (Wildman–Crippen MR) is 78.8 cm³/mol. The molecule has 0 radical (unpaired) electrons. The summed E-state index contributed by atoms with van der Waals surface area (Å²) >= 11 is 0. The van der Waals surface area contributed by atoms with Crippen molar-refractivity contribution in [1.82, 2.24) is 20.3 Å². The minimum absolute atomic E-state index is 0.177. The number of nitrogens with zero attached hydrogens (tertiary/aromatic N) is 4. The summed E-state index contributed by atoms with van der Waals surface area (Å²) < 4.78 is 13.0. The molecule has 1 aliphatic heterocycles. The van der Waals surface area contributed by atoms with Gasteiger partial charge in [0.15, 0.2) is 0 Å². The molecule has 0 aromatic carbocycles. The molecule has 1 saturated heterocycles. The normalized spacial score (nSPS) is 14.1. The summed E-state index contributed by atoms with van der Waals surface area (Å²) in [6.45, 7) is 2.19. The fraction of sp³-hybridized carbons (Fsp3) is 0.333. The number of hydrogen-bond acceptors (Lipinski definition) is 5. The van der Waals surface area contributed by atoms with Gasteiger partial charge in [-0.15, -0.1) is 0 Å². The molecule has 0 unspecified atom stereocenters. The number of rotatable bonds is 4. The van der Waals surface area contributed by atoms with Crippen LogP contribution >= 0.6 is 0 Å². The molecule has 0 bridgehead atoms. The third kappa shape index (κ3) is 3.36. The Bertz CT molecular complexity index is 672. The predicted octanol–water partition coefficient (Wildman–Crippen LogP) is 1.54. The molecule has 0 saturated carbocycles. The van der Waals surface area contributed by atoms with Crippen molar-refractivity contribution in [3.05, 3.63) is 47.9 Å².